The molecule has 0 unspecified atom stereocenters. The monoisotopic (exact) mass is 343 g/mol. The molecule has 0 radical (unpaired) electrons. The van der Waals surface area contributed by atoms with E-state index in [-0.39, 0.29) is 0 Å². The van der Waals surface area contributed by atoms with Gasteiger partial charge in [0.25, 0.3) is 0 Å². The first-order valence-corrected chi connectivity index (χ1v) is 8.07. The quantitative estimate of drug-likeness (QED) is 0.653. The molecule has 0 saturated heterocycles. The summed E-state index contributed by atoms with van der Waals surface area (Å²) in [4.78, 5) is 0. The van der Waals surface area contributed by atoms with Gasteiger partial charge in [-0.05, 0) is 38.8 Å². The second kappa shape index (κ2) is 8.42. The summed E-state index contributed by atoms with van der Waals surface area (Å²) in [5.41, 5.74) is 4.07. The molecule has 1 aromatic carbocycles. The van der Waals surface area contributed by atoms with Crippen LogP contribution < -0.4 is 14.2 Å². The lowest BCUT2D eigenvalue weighted by molar-refractivity contribution is 0.348. The van der Waals surface area contributed by atoms with E-state index in [9.17, 15) is 0 Å². The van der Waals surface area contributed by atoms with Crippen LogP contribution in [0.3, 0.4) is 0 Å². The second-order valence-electron chi connectivity index (χ2n) is 5.88. The standard InChI is InChI=1S/C20H25NO4/c1-13(2)8-7-9-14(3)16-12-21-25-20(16)15-10-18(23-5)19(24-6)11-17(15)22-4/h8-12H,7H2,1-6H3/b14-9+. The van der Waals surface area contributed by atoms with Crippen molar-refractivity contribution < 1.29 is 18.7 Å². The number of allylic oxidation sites excluding steroid dienone is 4. The van der Waals surface area contributed by atoms with Gasteiger partial charge in [-0.15, -0.1) is 0 Å². The van der Waals surface area contributed by atoms with Crippen molar-refractivity contribution in [2.24, 2.45) is 0 Å². The van der Waals surface area contributed by atoms with Gasteiger partial charge in [-0.1, -0.05) is 22.9 Å². The average molecular weight is 343 g/mol. The smallest absolute Gasteiger partial charge is 0.178 e. The molecule has 0 N–H and O–H groups in total. The Kier molecular flexibility index (Phi) is 6.28. The third-order valence-electron chi connectivity index (χ3n) is 3.90. The maximum absolute atomic E-state index is 5.53. The molecule has 2 rings (SSSR count). The summed E-state index contributed by atoms with van der Waals surface area (Å²) in [6.07, 6.45) is 6.91. The Morgan fingerprint density at radius 1 is 0.960 bits per heavy atom. The minimum atomic E-state index is 0.597. The number of nitrogens with zero attached hydrogens (tertiary/aromatic N) is 1. The lowest BCUT2D eigenvalue weighted by atomic mass is 10.0. The summed E-state index contributed by atoms with van der Waals surface area (Å²) in [6, 6.07) is 3.62. The molecule has 5 nitrogen and oxygen atoms in total. The number of methoxy groups -OCH3 is 3. The Balaban J connectivity index is 2.50. The van der Waals surface area contributed by atoms with Crippen molar-refractivity contribution in [2.45, 2.75) is 27.2 Å². The van der Waals surface area contributed by atoms with Crippen LogP contribution in [0, 0.1) is 0 Å². The molecule has 1 heterocycles. The summed E-state index contributed by atoms with van der Waals surface area (Å²) >= 11 is 0. The molecule has 0 atom stereocenters. The number of ether oxygens (including phenoxy) is 3. The summed E-state index contributed by atoms with van der Waals surface area (Å²) in [5, 5.41) is 3.98. The van der Waals surface area contributed by atoms with E-state index >= 15 is 0 Å². The second-order valence-corrected chi connectivity index (χ2v) is 5.88. The molecule has 0 fully saturated rings. The van der Waals surface area contributed by atoms with E-state index in [1.54, 1.807) is 33.6 Å². The Morgan fingerprint density at radius 3 is 2.20 bits per heavy atom. The molecular weight excluding hydrogens is 318 g/mol. The van der Waals surface area contributed by atoms with Gasteiger partial charge in [0, 0.05) is 11.6 Å². The first-order valence-electron chi connectivity index (χ1n) is 8.07. The highest BCUT2D eigenvalue weighted by atomic mass is 16.5. The molecule has 0 aliphatic carbocycles. The van der Waals surface area contributed by atoms with E-state index in [2.05, 4.69) is 31.2 Å². The number of benzene rings is 1. The van der Waals surface area contributed by atoms with E-state index in [1.807, 2.05) is 13.0 Å². The van der Waals surface area contributed by atoms with Crippen LogP contribution in [0.25, 0.3) is 16.9 Å². The van der Waals surface area contributed by atoms with Crippen molar-refractivity contribution in [3.05, 3.63) is 41.6 Å². The largest absolute Gasteiger partial charge is 0.496 e. The van der Waals surface area contributed by atoms with Crippen LogP contribution >= 0.6 is 0 Å². The fourth-order valence-electron chi connectivity index (χ4n) is 2.50. The van der Waals surface area contributed by atoms with Gasteiger partial charge >= 0.3 is 0 Å². The number of hydrogen-bond donors (Lipinski definition) is 0. The number of hydrogen-bond acceptors (Lipinski definition) is 5. The minimum absolute atomic E-state index is 0.597. The Labute approximate surface area is 148 Å². The molecule has 134 valence electrons. The molecule has 0 spiro atoms. The average Bonchev–Trinajstić information content (AvgIpc) is 3.09. The van der Waals surface area contributed by atoms with Crippen molar-refractivity contribution in [3.8, 4) is 28.6 Å². The normalized spacial score (nSPS) is 11.2. The van der Waals surface area contributed by atoms with Crippen LogP contribution in [-0.2, 0) is 0 Å². The van der Waals surface area contributed by atoms with Gasteiger partial charge in [-0.25, -0.2) is 0 Å². The molecule has 0 aliphatic heterocycles. The van der Waals surface area contributed by atoms with Crippen molar-refractivity contribution in [1.82, 2.24) is 5.16 Å². The fraction of sp³-hybridized carbons (Fsp3) is 0.350. The van der Waals surface area contributed by atoms with Crippen LogP contribution in [0.2, 0.25) is 0 Å². The van der Waals surface area contributed by atoms with E-state index in [0.717, 1.165) is 23.1 Å². The summed E-state index contributed by atoms with van der Waals surface area (Å²) in [7, 11) is 4.80. The predicted octanol–water partition coefficient (Wildman–Crippen LogP) is 5.13. The lowest BCUT2D eigenvalue weighted by Gasteiger charge is -2.13. The third-order valence-corrected chi connectivity index (χ3v) is 3.90. The molecule has 0 amide bonds. The third kappa shape index (κ3) is 4.24. The van der Waals surface area contributed by atoms with E-state index in [1.165, 1.54) is 5.57 Å². The van der Waals surface area contributed by atoms with Crippen LogP contribution in [-0.4, -0.2) is 26.5 Å². The summed E-state index contributed by atoms with van der Waals surface area (Å²) < 4.78 is 21.8. The zero-order valence-electron chi connectivity index (χ0n) is 15.7. The molecule has 2 aromatic rings. The highest BCUT2D eigenvalue weighted by molar-refractivity contribution is 5.81. The van der Waals surface area contributed by atoms with E-state index in [4.69, 9.17) is 18.7 Å². The lowest BCUT2D eigenvalue weighted by Crippen LogP contribution is -1.95. The first kappa shape index (κ1) is 18.6. The van der Waals surface area contributed by atoms with Crippen LogP contribution in [0.15, 0.2) is 40.6 Å². The first-order chi connectivity index (χ1) is 12.0. The van der Waals surface area contributed by atoms with E-state index in [0.29, 0.717) is 23.0 Å². The fourth-order valence-corrected chi connectivity index (χ4v) is 2.50. The van der Waals surface area contributed by atoms with Gasteiger partial charge < -0.3 is 18.7 Å². The maximum Gasteiger partial charge on any atom is 0.178 e. The molecule has 5 heteroatoms. The van der Waals surface area contributed by atoms with Gasteiger partial charge in [0.15, 0.2) is 17.3 Å². The van der Waals surface area contributed by atoms with Crippen molar-refractivity contribution >= 4 is 5.57 Å². The van der Waals surface area contributed by atoms with Gasteiger partial charge in [0.05, 0.1) is 33.1 Å². The molecule has 0 saturated carbocycles. The molecule has 0 bridgehead atoms. The van der Waals surface area contributed by atoms with E-state index < -0.39 is 0 Å². The summed E-state index contributed by atoms with van der Waals surface area (Å²) in [6.45, 7) is 6.22. The van der Waals surface area contributed by atoms with Crippen LogP contribution in [0.4, 0.5) is 0 Å². The predicted molar refractivity (Wildman–Crippen MR) is 99.3 cm³/mol. The molecule has 1 aromatic heterocycles. The van der Waals surface area contributed by atoms with Crippen LogP contribution in [0.1, 0.15) is 32.8 Å². The van der Waals surface area contributed by atoms with Crippen molar-refractivity contribution in [3.63, 3.8) is 0 Å². The van der Waals surface area contributed by atoms with Gasteiger partial charge in [0.1, 0.15) is 5.75 Å². The van der Waals surface area contributed by atoms with Crippen LogP contribution in [0.5, 0.6) is 17.2 Å². The SMILES string of the molecule is COc1cc(OC)c(-c2oncc2/C(C)=C/CC=C(C)C)cc1OC. The zero-order chi connectivity index (χ0) is 18.4. The molecule has 25 heavy (non-hydrogen) atoms. The topological polar surface area (TPSA) is 53.7 Å². The highest BCUT2D eigenvalue weighted by Crippen LogP contribution is 2.42. The Hall–Kier alpha value is -2.69. The van der Waals surface area contributed by atoms with Gasteiger partial charge in [-0.2, -0.15) is 0 Å². The molecular formula is C20H25NO4. The zero-order valence-corrected chi connectivity index (χ0v) is 15.7. The summed E-state index contributed by atoms with van der Waals surface area (Å²) in [5.74, 6) is 2.48. The Morgan fingerprint density at radius 2 is 1.60 bits per heavy atom. The van der Waals surface area contributed by atoms with Crippen molar-refractivity contribution in [2.75, 3.05) is 21.3 Å². The number of aromatic nitrogens is 1. The van der Waals surface area contributed by atoms with Crippen molar-refractivity contribution in [1.29, 1.82) is 0 Å². The number of rotatable bonds is 7. The highest BCUT2D eigenvalue weighted by Gasteiger charge is 2.20. The maximum atomic E-state index is 5.53. The Bertz CT molecular complexity index is 783. The van der Waals surface area contributed by atoms with Gasteiger partial charge in [0.2, 0.25) is 0 Å². The van der Waals surface area contributed by atoms with Gasteiger partial charge in [-0.3, -0.25) is 0 Å². The minimum Gasteiger partial charge on any atom is -0.496 e. The molecule has 0 aliphatic rings.